The number of halogens is 1. The number of carbonyl (C=O) groups excluding carboxylic acids is 1. The normalized spacial score (nSPS) is 13.8. The largest absolute Gasteiger partial charge is 0.480 e. The second kappa shape index (κ2) is 6.61. The molecule has 1 fully saturated rings. The average molecular weight is 297 g/mol. The van der Waals surface area contributed by atoms with Crippen LogP contribution in [0.1, 0.15) is 18.4 Å². The molecule has 5 nitrogen and oxygen atoms in total. The maximum absolute atomic E-state index is 12.0. The molecular formula is C14H17ClN2O3. The van der Waals surface area contributed by atoms with Crippen molar-refractivity contribution in [2.45, 2.75) is 19.4 Å². The zero-order valence-electron chi connectivity index (χ0n) is 11.0. The number of nitrogens with one attached hydrogen (secondary N) is 1. The average Bonchev–Trinajstić information content (AvgIpc) is 3.19. The van der Waals surface area contributed by atoms with E-state index in [0.29, 0.717) is 24.0 Å². The molecule has 0 atom stereocenters. The number of aliphatic carboxylic acids is 1. The maximum Gasteiger partial charge on any atom is 0.323 e. The van der Waals surface area contributed by atoms with Crippen molar-refractivity contribution in [1.29, 1.82) is 0 Å². The Bertz CT molecular complexity index is 503. The van der Waals surface area contributed by atoms with Crippen molar-refractivity contribution in [2.75, 3.05) is 13.1 Å². The topological polar surface area (TPSA) is 69.6 Å². The Kier molecular flexibility index (Phi) is 4.84. The van der Waals surface area contributed by atoms with E-state index in [-0.39, 0.29) is 12.6 Å². The Hall–Kier alpha value is -1.75. The van der Waals surface area contributed by atoms with Gasteiger partial charge in [0, 0.05) is 18.1 Å². The molecule has 1 saturated carbocycles. The number of hydrogen-bond donors (Lipinski definition) is 2. The minimum atomic E-state index is -0.997. The molecule has 0 heterocycles. The molecule has 1 aliphatic carbocycles. The summed E-state index contributed by atoms with van der Waals surface area (Å²) in [6.07, 6.45) is 2.13. The molecule has 6 heteroatoms. The van der Waals surface area contributed by atoms with E-state index in [1.165, 1.54) is 4.90 Å². The molecule has 0 saturated heterocycles. The van der Waals surface area contributed by atoms with E-state index in [4.69, 9.17) is 16.7 Å². The monoisotopic (exact) mass is 296 g/mol. The third kappa shape index (κ3) is 4.74. The van der Waals surface area contributed by atoms with Gasteiger partial charge in [-0.25, -0.2) is 4.79 Å². The van der Waals surface area contributed by atoms with Gasteiger partial charge in [-0.15, -0.1) is 0 Å². The lowest BCUT2D eigenvalue weighted by Gasteiger charge is -2.21. The van der Waals surface area contributed by atoms with Crippen molar-refractivity contribution >= 4 is 23.6 Å². The highest BCUT2D eigenvalue weighted by Gasteiger charge is 2.27. The number of rotatable bonds is 6. The molecule has 2 amide bonds. The summed E-state index contributed by atoms with van der Waals surface area (Å²) in [6, 6.07) is 6.85. The zero-order valence-corrected chi connectivity index (χ0v) is 11.8. The molecule has 0 radical (unpaired) electrons. The third-order valence-corrected chi connectivity index (χ3v) is 3.36. The van der Waals surface area contributed by atoms with Gasteiger partial charge in [0.1, 0.15) is 6.54 Å². The molecule has 1 aromatic rings. The molecule has 0 bridgehead atoms. The van der Waals surface area contributed by atoms with E-state index in [2.05, 4.69) is 5.32 Å². The Morgan fingerprint density at radius 3 is 2.75 bits per heavy atom. The minimum Gasteiger partial charge on any atom is -0.480 e. The molecule has 0 spiro atoms. The highest BCUT2D eigenvalue weighted by atomic mass is 35.5. The second-order valence-corrected chi connectivity index (χ2v) is 5.44. The molecule has 0 aromatic heterocycles. The maximum atomic E-state index is 12.0. The van der Waals surface area contributed by atoms with Crippen molar-refractivity contribution in [3.63, 3.8) is 0 Å². The van der Waals surface area contributed by atoms with Crippen LogP contribution in [0.4, 0.5) is 4.79 Å². The lowest BCUT2D eigenvalue weighted by molar-refractivity contribution is -0.137. The van der Waals surface area contributed by atoms with Crippen molar-refractivity contribution in [3.05, 3.63) is 34.9 Å². The van der Waals surface area contributed by atoms with Gasteiger partial charge in [-0.3, -0.25) is 4.79 Å². The Morgan fingerprint density at radius 1 is 1.40 bits per heavy atom. The molecular weight excluding hydrogens is 280 g/mol. The van der Waals surface area contributed by atoms with Gasteiger partial charge in [0.2, 0.25) is 0 Å². The third-order valence-electron chi connectivity index (χ3n) is 3.12. The van der Waals surface area contributed by atoms with E-state index in [0.717, 1.165) is 18.4 Å². The van der Waals surface area contributed by atoms with Crippen LogP contribution in [0, 0.1) is 5.92 Å². The minimum absolute atomic E-state index is 0.266. The Balaban J connectivity index is 1.88. The summed E-state index contributed by atoms with van der Waals surface area (Å²) in [7, 11) is 0. The molecule has 108 valence electrons. The SMILES string of the molecule is O=C(O)CN(CC1CC1)C(=O)NCc1cccc(Cl)c1. The Morgan fingerprint density at radius 2 is 2.15 bits per heavy atom. The number of hydrogen-bond acceptors (Lipinski definition) is 2. The summed E-state index contributed by atoms with van der Waals surface area (Å²) in [5.74, 6) is -0.546. The van der Waals surface area contributed by atoms with Crippen LogP contribution >= 0.6 is 11.6 Å². The fraction of sp³-hybridized carbons (Fsp3) is 0.429. The lowest BCUT2D eigenvalue weighted by atomic mass is 10.2. The Labute approximate surface area is 122 Å². The van der Waals surface area contributed by atoms with Crippen molar-refractivity contribution in [1.82, 2.24) is 10.2 Å². The number of carboxylic acid groups (broad SMARTS) is 1. The fourth-order valence-electron chi connectivity index (χ4n) is 1.93. The van der Waals surface area contributed by atoms with Crippen LogP contribution in [0.5, 0.6) is 0 Å². The molecule has 2 rings (SSSR count). The van der Waals surface area contributed by atoms with E-state index < -0.39 is 5.97 Å². The molecule has 2 N–H and O–H groups in total. The van der Waals surface area contributed by atoms with Crippen LogP contribution in [0.3, 0.4) is 0 Å². The van der Waals surface area contributed by atoms with Crippen molar-refractivity contribution in [3.8, 4) is 0 Å². The summed E-state index contributed by atoms with van der Waals surface area (Å²) in [6.45, 7) is 0.575. The van der Waals surface area contributed by atoms with E-state index >= 15 is 0 Å². The van der Waals surface area contributed by atoms with Crippen LogP contribution in [0.15, 0.2) is 24.3 Å². The van der Waals surface area contributed by atoms with Gasteiger partial charge in [-0.1, -0.05) is 23.7 Å². The smallest absolute Gasteiger partial charge is 0.323 e. The number of amides is 2. The van der Waals surface area contributed by atoms with Crippen LogP contribution < -0.4 is 5.32 Å². The first-order valence-electron chi connectivity index (χ1n) is 6.53. The van der Waals surface area contributed by atoms with E-state index in [1.807, 2.05) is 12.1 Å². The first-order valence-corrected chi connectivity index (χ1v) is 6.91. The molecule has 0 aliphatic heterocycles. The van der Waals surface area contributed by atoms with Gasteiger partial charge < -0.3 is 15.3 Å². The summed E-state index contributed by atoms with van der Waals surface area (Å²) in [5, 5.41) is 12.2. The van der Waals surface area contributed by atoms with Crippen molar-refractivity contribution in [2.24, 2.45) is 5.92 Å². The predicted molar refractivity (Wildman–Crippen MR) is 75.6 cm³/mol. The number of nitrogens with zero attached hydrogens (tertiary/aromatic N) is 1. The van der Waals surface area contributed by atoms with Gasteiger partial charge in [-0.05, 0) is 36.5 Å². The number of benzene rings is 1. The second-order valence-electron chi connectivity index (χ2n) is 5.01. The van der Waals surface area contributed by atoms with Crippen LogP contribution in [0.25, 0.3) is 0 Å². The standard InChI is InChI=1S/C14H17ClN2O3/c15-12-3-1-2-11(6-12)7-16-14(20)17(9-13(18)19)8-10-4-5-10/h1-3,6,10H,4-5,7-9H2,(H,16,20)(H,18,19). The first kappa shape index (κ1) is 14.7. The molecule has 1 aliphatic rings. The van der Waals surface area contributed by atoms with Crippen molar-refractivity contribution < 1.29 is 14.7 Å². The van der Waals surface area contributed by atoms with Gasteiger partial charge in [0.15, 0.2) is 0 Å². The van der Waals surface area contributed by atoms with Gasteiger partial charge in [-0.2, -0.15) is 0 Å². The summed E-state index contributed by atoms with van der Waals surface area (Å²) in [4.78, 5) is 24.2. The van der Waals surface area contributed by atoms with E-state index in [1.54, 1.807) is 12.1 Å². The van der Waals surface area contributed by atoms with Gasteiger partial charge in [0.25, 0.3) is 0 Å². The van der Waals surface area contributed by atoms with Crippen LogP contribution in [-0.4, -0.2) is 35.1 Å². The van der Waals surface area contributed by atoms with Gasteiger partial charge in [0.05, 0.1) is 0 Å². The molecule has 0 unspecified atom stereocenters. The quantitative estimate of drug-likeness (QED) is 0.846. The van der Waals surface area contributed by atoms with Crippen LogP contribution in [0.2, 0.25) is 5.02 Å². The van der Waals surface area contributed by atoms with Gasteiger partial charge >= 0.3 is 12.0 Å². The lowest BCUT2D eigenvalue weighted by Crippen LogP contribution is -2.43. The summed E-state index contributed by atoms with van der Waals surface area (Å²) in [5.41, 5.74) is 0.882. The molecule has 20 heavy (non-hydrogen) atoms. The predicted octanol–water partition coefficient (Wildman–Crippen LogP) is 2.35. The molecule has 1 aromatic carbocycles. The number of urea groups is 1. The zero-order chi connectivity index (χ0) is 14.5. The highest BCUT2D eigenvalue weighted by molar-refractivity contribution is 6.30. The van der Waals surface area contributed by atoms with Crippen LogP contribution in [-0.2, 0) is 11.3 Å². The summed E-state index contributed by atoms with van der Waals surface area (Å²) < 4.78 is 0. The van der Waals surface area contributed by atoms with E-state index in [9.17, 15) is 9.59 Å². The number of carbonyl (C=O) groups is 2. The fourth-order valence-corrected chi connectivity index (χ4v) is 2.14. The first-order chi connectivity index (χ1) is 9.54. The highest BCUT2D eigenvalue weighted by Crippen LogP contribution is 2.29. The number of carboxylic acids is 1. The summed E-state index contributed by atoms with van der Waals surface area (Å²) >= 11 is 5.87.